The van der Waals surface area contributed by atoms with Gasteiger partial charge in [0.05, 0.1) is 11.6 Å². The lowest BCUT2D eigenvalue weighted by atomic mass is 9.97. The number of aliphatic hydroxyl groups excluding tert-OH is 1. The van der Waals surface area contributed by atoms with Gasteiger partial charge >= 0.3 is 0 Å². The van der Waals surface area contributed by atoms with Crippen LogP contribution in [0.15, 0.2) is 16.6 Å². The van der Waals surface area contributed by atoms with Gasteiger partial charge in [0, 0.05) is 6.61 Å². The van der Waals surface area contributed by atoms with Crippen molar-refractivity contribution >= 4 is 15.9 Å². The van der Waals surface area contributed by atoms with Crippen LogP contribution in [0.25, 0.3) is 0 Å². The number of hydrogen-bond donors (Lipinski definition) is 2. The number of halogens is 1. The maximum absolute atomic E-state index is 9.67. The molecular weight excluding hydrogens is 272 g/mol. The van der Waals surface area contributed by atoms with Gasteiger partial charge in [0.25, 0.3) is 0 Å². The predicted octanol–water partition coefficient (Wildman–Crippen LogP) is 2.48. The van der Waals surface area contributed by atoms with Crippen LogP contribution in [0.3, 0.4) is 0 Å². The van der Waals surface area contributed by atoms with E-state index in [2.05, 4.69) is 15.9 Å². The second-order valence-electron chi connectivity index (χ2n) is 4.46. The van der Waals surface area contributed by atoms with Gasteiger partial charge in [0.15, 0.2) is 11.5 Å². The summed E-state index contributed by atoms with van der Waals surface area (Å²) in [4.78, 5) is 0. The molecule has 1 aromatic carbocycles. The zero-order chi connectivity index (χ0) is 11.8. The summed E-state index contributed by atoms with van der Waals surface area (Å²) in [5.41, 5.74) is 1.15. The second kappa shape index (κ2) is 4.26. The van der Waals surface area contributed by atoms with Crippen molar-refractivity contribution in [3.8, 4) is 11.5 Å². The first-order valence-electron chi connectivity index (χ1n) is 5.26. The van der Waals surface area contributed by atoms with Crippen molar-refractivity contribution in [3.05, 3.63) is 22.2 Å². The predicted molar refractivity (Wildman–Crippen MR) is 64.8 cm³/mol. The first-order chi connectivity index (χ1) is 7.60. The summed E-state index contributed by atoms with van der Waals surface area (Å²) < 4.78 is 5.73. The Labute approximate surface area is 103 Å². The van der Waals surface area contributed by atoms with Gasteiger partial charge in [0.1, 0.15) is 0 Å². The van der Waals surface area contributed by atoms with Crippen LogP contribution in [0.4, 0.5) is 0 Å². The largest absolute Gasteiger partial charge is 0.503 e. The number of phenols is 1. The van der Waals surface area contributed by atoms with E-state index in [-0.39, 0.29) is 17.8 Å². The van der Waals surface area contributed by atoms with Gasteiger partial charge in [-0.15, -0.1) is 0 Å². The Morgan fingerprint density at radius 2 is 2.12 bits per heavy atom. The van der Waals surface area contributed by atoms with Gasteiger partial charge in [-0.1, -0.05) is 0 Å². The number of ether oxygens (including phenoxy) is 1. The van der Waals surface area contributed by atoms with Crippen LogP contribution < -0.4 is 4.74 Å². The number of aromatic hydroxyl groups is 1. The van der Waals surface area contributed by atoms with E-state index < -0.39 is 0 Å². The molecule has 0 heterocycles. The van der Waals surface area contributed by atoms with Crippen LogP contribution in [-0.2, 0) is 6.42 Å². The molecule has 0 amide bonds. The van der Waals surface area contributed by atoms with Crippen molar-refractivity contribution in [1.82, 2.24) is 0 Å². The van der Waals surface area contributed by atoms with E-state index in [4.69, 9.17) is 4.74 Å². The zero-order valence-corrected chi connectivity index (χ0v) is 10.7. The Morgan fingerprint density at radius 1 is 1.44 bits per heavy atom. The molecule has 0 aliphatic heterocycles. The Morgan fingerprint density at radius 3 is 2.62 bits per heavy atom. The third kappa shape index (κ3) is 2.18. The van der Waals surface area contributed by atoms with Crippen molar-refractivity contribution < 1.29 is 14.9 Å². The number of benzene rings is 1. The highest BCUT2D eigenvalue weighted by molar-refractivity contribution is 9.10. The monoisotopic (exact) mass is 286 g/mol. The van der Waals surface area contributed by atoms with E-state index in [1.165, 1.54) is 7.11 Å². The molecule has 88 valence electrons. The van der Waals surface area contributed by atoms with Crippen LogP contribution in [0.2, 0.25) is 0 Å². The molecule has 3 nitrogen and oxygen atoms in total. The van der Waals surface area contributed by atoms with Gasteiger partial charge in [0.2, 0.25) is 0 Å². The van der Waals surface area contributed by atoms with E-state index in [0.717, 1.165) is 24.8 Å². The molecule has 1 aliphatic carbocycles. The maximum Gasteiger partial charge on any atom is 0.172 e. The summed E-state index contributed by atoms with van der Waals surface area (Å²) in [6.07, 6.45) is 2.98. The van der Waals surface area contributed by atoms with E-state index in [0.29, 0.717) is 10.2 Å². The first kappa shape index (κ1) is 11.7. The van der Waals surface area contributed by atoms with Crippen molar-refractivity contribution in [2.45, 2.75) is 19.3 Å². The second-order valence-corrected chi connectivity index (χ2v) is 5.32. The lowest BCUT2D eigenvalue weighted by Gasteiger charge is -2.13. The summed E-state index contributed by atoms with van der Waals surface area (Å²) in [5.74, 6) is 0.596. The number of aliphatic hydroxyl groups is 1. The standard InChI is InChI=1S/C12H15BrO3/c1-16-10-5-8(4-9(13)11(10)15)6-12(7-14)2-3-12/h4-5,14-15H,2-3,6-7H2,1H3. The SMILES string of the molecule is COc1cc(CC2(CO)CC2)cc(Br)c1O. The minimum atomic E-state index is 0.0709. The lowest BCUT2D eigenvalue weighted by Crippen LogP contribution is -2.10. The van der Waals surface area contributed by atoms with Gasteiger partial charge in [-0.25, -0.2) is 0 Å². The van der Waals surface area contributed by atoms with Crippen molar-refractivity contribution in [1.29, 1.82) is 0 Å². The van der Waals surface area contributed by atoms with Gasteiger partial charge in [-0.3, -0.25) is 0 Å². The molecule has 0 atom stereocenters. The third-order valence-corrected chi connectivity index (χ3v) is 3.78. The van der Waals surface area contributed by atoms with Crippen molar-refractivity contribution in [2.24, 2.45) is 5.41 Å². The number of phenolic OH excluding ortho intramolecular Hbond substituents is 1. The van der Waals surface area contributed by atoms with Gasteiger partial charge in [-0.05, 0) is 58.3 Å². The first-order valence-corrected chi connectivity index (χ1v) is 6.06. The van der Waals surface area contributed by atoms with Gasteiger partial charge < -0.3 is 14.9 Å². The molecule has 0 unspecified atom stereocenters. The summed E-state index contributed by atoms with van der Waals surface area (Å²) in [7, 11) is 1.53. The minimum absolute atomic E-state index is 0.0709. The number of hydrogen-bond acceptors (Lipinski definition) is 3. The van der Waals surface area contributed by atoms with Crippen LogP contribution in [0.1, 0.15) is 18.4 Å². The molecule has 4 heteroatoms. The highest BCUT2D eigenvalue weighted by atomic mass is 79.9. The van der Waals surface area contributed by atoms with Gasteiger partial charge in [-0.2, -0.15) is 0 Å². The average Bonchev–Trinajstić information content (AvgIpc) is 3.04. The Hall–Kier alpha value is -0.740. The van der Waals surface area contributed by atoms with Crippen LogP contribution in [0.5, 0.6) is 11.5 Å². The molecular formula is C12H15BrO3. The Kier molecular flexibility index (Phi) is 3.13. The fourth-order valence-corrected chi connectivity index (χ4v) is 2.37. The molecule has 2 N–H and O–H groups in total. The topological polar surface area (TPSA) is 49.7 Å². The molecule has 1 saturated carbocycles. The smallest absolute Gasteiger partial charge is 0.172 e. The van der Waals surface area contributed by atoms with Crippen LogP contribution in [0, 0.1) is 5.41 Å². The van der Waals surface area contributed by atoms with E-state index >= 15 is 0 Å². The third-order valence-electron chi connectivity index (χ3n) is 3.18. The molecule has 0 aromatic heterocycles. The molecule has 1 fully saturated rings. The van der Waals surface area contributed by atoms with Crippen molar-refractivity contribution in [2.75, 3.05) is 13.7 Å². The highest BCUT2D eigenvalue weighted by Crippen LogP contribution is 2.49. The molecule has 16 heavy (non-hydrogen) atoms. The van der Waals surface area contributed by atoms with Crippen LogP contribution in [-0.4, -0.2) is 23.9 Å². The quantitative estimate of drug-likeness (QED) is 0.894. The van der Waals surface area contributed by atoms with E-state index in [1.807, 2.05) is 12.1 Å². The summed E-state index contributed by atoms with van der Waals surface area (Å²) in [5, 5.41) is 18.9. The summed E-state index contributed by atoms with van der Waals surface area (Å²) in [6.45, 7) is 0.230. The fourth-order valence-electron chi connectivity index (χ4n) is 1.89. The van der Waals surface area contributed by atoms with E-state index in [9.17, 15) is 10.2 Å². The average molecular weight is 287 g/mol. The maximum atomic E-state index is 9.67. The lowest BCUT2D eigenvalue weighted by molar-refractivity contribution is 0.211. The molecule has 0 saturated heterocycles. The molecule has 2 rings (SSSR count). The molecule has 0 bridgehead atoms. The highest BCUT2D eigenvalue weighted by Gasteiger charge is 2.41. The zero-order valence-electron chi connectivity index (χ0n) is 9.16. The Balaban J connectivity index is 2.25. The molecule has 1 aliphatic rings. The molecule has 1 aromatic rings. The summed E-state index contributed by atoms with van der Waals surface area (Å²) in [6, 6.07) is 3.71. The van der Waals surface area contributed by atoms with Crippen LogP contribution >= 0.6 is 15.9 Å². The van der Waals surface area contributed by atoms with Crippen molar-refractivity contribution in [3.63, 3.8) is 0 Å². The number of rotatable bonds is 4. The number of methoxy groups -OCH3 is 1. The fraction of sp³-hybridized carbons (Fsp3) is 0.500. The molecule has 0 radical (unpaired) electrons. The summed E-state index contributed by atoms with van der Waals surface area (Å²) >= 11 is 3.30. The van der Waals surface area contributed by atoms with E-state index in [1.54, 1.807) is 0 Å². The Bertz CT molecular complexity index is 399. The molecule has 0 spiro atoms. The minimum Gasteiger partial charge on any atom is -0.503 e. The normalized spacial score (nSPS) is 17.2.